The predicted molar refractivity (Wildman–Crippen MR) is 102 cm³/mol. The molecule has 2 aromatic carbocycles. The molecule has 144 valence electrons. The van der Waals surface area contributed by atoms with E-state index in [1.807, 2.05) is 6.07 Å². The number of para-hydroxylation sites is 1. The van der Waals surface area contributed by atoms with E-state index in [9.17, 15) is 14.4 Å². The quantitative estimate of drug-likeness (QED) is 0.386. The maximum absolute atomic E-state index is 12.6. The Balaban J connectivity index is 1.96. The Morgan fingerprint density at radius 1 is 0.929 bits per heavy atom. The molecule has 0 spiro atoms. The highest BCUT2D eigenvalue weighted by molar-refractivity contribution is 6.48. The van der Waals surface area contributed by atoms with Crippen molar-refractivity contribution in [1.82, 2.24) is 4.98 Å². The number of esters is 1. The Morgan fingerprint density at radius 3 is 2.29 bits per heavy atom. The number of carbonyl (C=O) groups is 3. The molecule has 2 N–H and O–H groups in total. The first-order chi connectivity index (χ1) is 13.5. The van der Waals surface area contributed by atoms with Crippen molar-refractivity contribution >= 4 is 34.3 Å². The Labute approximate surface area is 160 Å². The number of fused-ring (bicyclic) bond motifs is 1. The van der Waals surface area contributed by atoms with Crippen LogP contribution in [0.3, 0.4) is 0 Å². The summed E-state index contributed by atoms with van der Waals surface area (Å²) in [5, 5.41) is 3.09. The van der Waals surface area contributed by atoms with Gasteiger partial charge in [0.2, 0.25) is 0 Å². The topological polar surface area (TPSA) is 107 Å². The summed E-state index contributed by atoms with van der Waals surface area (Å²) in [4.78, 5) is 40.3. The van der Waals surface area contributed by atoms with Gasteiger partial charge in [0.15, 0.2) is 11.5 Å². The number of benzene rings is 2. The molecule has 28 heavy (non-hydrogen) atoms. The van der Waals surface area contributed by atoms with E-state index >= 15 is 0 Å². The molecule has 8 heteroatoms. The van der Waals surface area contributed by atoms with Gasteiger partial charge in [-0.1, -0.05) is 18.2 Å². The van der Waals surface area contributed by atoms with Gasteiger partial charge in [0.1, 0.15) is 0 Å². The van der Waals surface area contributed by atoms with Crippen LogP contribution >= 0.6 is 0 Å². The highest BCUT2D eigenvalue weighted by atomic mass is 16.5. The summed E-state index contributed by atoms with van der Waals surface area (Å²) in [6.45, 7) is 0. The molecule has 0 radical (unpaired) electrons. The zero-order valence-electron chi connectivity index (χ0n) is 15.5. The molecule has 0 unspecified atom stereocenters. The number of hydrogen-bond donors (Lipinski definition) is 2. The maximum Gasteiger partial charge on any atom is 0.340 e. The number of methoxy groups -OCH3 is 3. The standard InChI is InChI=1S/C20H18N2O6/c1-26-16-8-12(20(25)28-3)15(9-17(16)27-2)22-19(24)18(23)13-10-21-14-7-5-4-6-11(13)14/h4-10,21H,1-3H3,(H,22,24). The number of anilines is 1. The van der Waals surface area contributed by atoms with E-state index < -0.39 is 17.7 Å². The van der Waals surface area contributed by atoms with Crippen molar-refractivity contribution in [2.24, 2.45) is 0 Å². The van der Waals surface area contributed by atoms with E-state index in [1.165, 1.54) is 39.7 Å². The average molecular weight is 382 g/mol. The van der Waals surface area contributed by atoms with E-state index in [2.05, 4.69) is 10.3 Å². The van der Waals surface area contributed by atoms with Crippen LogP contribution in [-0.4, -0.2) is 44.0 Å². The zero-order valence-corrected chi connectivity index (χ0v) is 15.5. The fourth-order valence-corrected chi connectivity index (χ4v) is 2.82. The number of amides is 1. The number of rotatable bonds is 6. The highest BCUT2D eigenvalue weighted by Gasteiger charge is 2.24. The molecule has 0 aliphatic carbocycles. The first kappa shape index (κ1) is 19.0. The number of ketones is 1. The van der Waals surface area contributed by atoms with Crippen LogP contribution in [0.1, 0.15) is 20.7 Å². The molecule has 3 rings (SSSR count). The van der Waals surface area contributed by atoms with E-state index in [-0.39, 0.29) is 28.3 Å². The molecule has 3 aromatic rings. The smallest absolute Gasteiger partial charge is 0.340 e. The number of hydrogen-bond acceptors (Lipinski definition) is 6. The minimum atomic E-state index is -0.901. The largest absolute Gasteiger partial charge is 0.493 e. The Bertz CT molecular complexity index is 1070. The number of H-pyrrole nitrogens is 1. The Morgan fingerprint density at radius 2 is 1.61 bits per heavy atom. The molecule has 8 nitrogen and oxygen atoms in total. The molecular formula is C20H18N2O6. The Hall–Kier alpha value is -3.81. The van der Waals surface area contributed by atoms with Gasteiger partial charge < -0.3 is 24.5 Å². The van der Waals surface area contributed by atoms with Crippen molar-refractivity contribution in [2.75, 3.05) is 26.6 Å². The second-order valence-electron chi connectivity index (χ2n) is 5.78. The number of Topliss-reactive ketones (excluding diaryl/α,β-unsaturated/α-hetero) is 1. The molecule has 0 aliphatic rings. The van der Waals surface area contributed by atoms with Crippen LogP contribution in [0.5, 0.6) is 11.5 Å². The van der Waals surface area contributed by atoms with Crippen molar-refractivity contribution in [2.45, 2.75) is 0 Å². The molecule has 0 fully saturated rings. The fraction of sp³-hybridized carbons (Fsp3) is 0.150. The second kappa shape index (κ2) is 7.83. The molecule has 0 saturated heterocycles. The molecule has 0 bridgehead atoms. The summed E-state index contributed by atoms with van der Waals surface area (Å²) >= 11 is 0. The number of aromatic amines is 1. The van der Waals surface area contributed by atoms with Gasteiger partial charge in [-0.3, -0.25) is 9.59 Å². The predicted octanol–water partition coefficient (Wildman–Crippen LogP) is 2.79. The van der Waals surface area contributed by atoms with Crippen molar-refractivity contribution in [3.8, 4) is 11.5 Å². The number of nitrogens with one attached hydrogen (secondary N) is 2. The molecule has 0 atom stereocenters. The van der Waals surface area contributed by atoms with Crippen molar-refractivity contribution in [3.63, 3.8) is 0 Å². The SMILES string of the molecule is COC(=O)c1cc(OC)c(OC)cc1NC(=O)C(=O)c1c[nH]c2ccccc12. The van der Waals surface area contributed by atoms with Crippen LogP contribution in [0.15, 0.2) is 42.6 Å². The van der Waals surface area contributed by atoms with Crippen LogP contribution in [0, 0.1) is 0 Å². The third-order valence-electron chi connectivity index (χ3n) is 4.22. The van der Waals surface area contributed by atoms with Gasteiger partial charge >= 0.3 is 5.97 Å². The average Bonchev–Trinajstić information content (AvgIpc) is 3.16. The summed E-state index contributed by atoms with van der Waals surface area (Å²) < 4.78 is 15.1. The second-order valence-corrected chi connectivity index (χ2v) is 5.78. The minimum absolute atomic E-state index is 0.0280. The summed E-state index contributed by atoms with van der Waals surface area (Å²) in [5.41, 5.74) is 1.07. The van der Waals surface area contributed by atoms with Crippen LogP contribution in [0.25, 0.3) is 10.9 Å². The number of carbonyl (C=O) groups excluding carboxylic acids is 3. The molecule has 1 amide bonds. The molecule has 0 saturated carbocycles. The van der Waals surface area contributed by atoms with Crippen LogP contribution in [0.4, 0.5) is 5.69 Å². The Kier molecular flexibility index (Phi) is 5.30. The van der Waals surface area contributed by atoms with Crippen LogP contribution < -0.4 is 14.8 Å². The summed E-state index contributed by atoms with van der Waals surface area (Å²) in [6.07, 6.45) is 1.47. The molecule has 1 aromatic heterocycles. The van der Waals surface area contributed by atoms with Crippen molar-refractivity contribution in [3.05, 3.63) is 53.7 Å². The van der Waals surface area contributed by atoms with Crippen molar-refractivity contribution in [1.29, 1.82) is 0 Å². The van der Waals surface area contributed by atoms with Gasteiger partial charge in [-0.2, -0.15) is 0 Å². The first-order valence-corrected chi connectivity index (χ1v) is 8.26. The van der Waals surface area contributed by atoms with E-state index in [0.29, 0.717) is 5.39 Å². The zero-order chi connectivity index (χ0) is 20.3. The highest BCUT2D eigenvalue weighted by Crippen LogP contribution is 2.34. The molecular weight excluding hydrogens is 364 g/mol. The lowest BCUT2D eigenvalue weighted by atomic mass is 10.1. The molecule has 1 heterocycles. The first-order valence-electron chi connectivity index (χ1n) is 8.26. The van der Waals surface area contributed by atoms with E-state index in [4.69, 9.17) is 14.2 Å². The van der Waals surface area contributed by atoms with Gasteiger partial charge in [-0.25, -0.2) is 4.79 Å². The number of aromatic nitrogens is 1. The van der Waals surface area contributed by atoms with E-state index in [1.54, 1.807) is 18.2 Å². The fourth-order valence-electron chi connectivity index (χ4n) is 2.82. The van der Waals surface area contributed by atoms with Gasteiger partial charge in [0.25, 0.3) is 11.7 Å². The van der Waals surface area contributed by atoms with Crippen LogP contribution in [-0.2, 0) is 9.53 Å². The van der Waals surface area contributed by atoms with Crippen LogP contribution in [0.2, 0.25) is 0 Å². The third-order valence-corrected chi connectivity index (χ3v) is 4.22. The minimum Gasteiger partial charge on any atom is -0.493 e. The van der Waals surface area contributed by atoms with Gasteiger partial charge in [-0.05, 0) is 6.07 Å². The normalized spacial score (nSPS) is 10.4. The van der Waals surface area contributed by atoms with Gasteiger partial charge in [0, 0.05) is 29.2 Å². The number of ether oxygens (including phenoxy) is 3. The monoisotopic (exact) mass is 382 g/mol. The van der Waals surface area contributed by atoms with Gasteiger partial charge in [0.05, 0.1) is 38.1 Å². The lowest BCUT2D eigenvalue weighted by Crippen LogP contribution is -2.24. The third kappa shape index (κ3) is 3.39. The van der Waals surface area contributed by atoms with Gasteiger partial charge in [-0.15, -0.1) is 0 Å². The lowest BCUT2D eigenvalue weighted by molar-refractivity contribution is -0.112. The maximum atomic E-state index is 12.6. The summed E-state index contributed by atoms with van der Waals surface area (Å²) in [6, 6.07) is 9.90. The van der Waals surface area contributed by atoms with E-state index in [0.717, 1.165) is 5.52 Å². The summed E-state index contributed by atoms with van der Waals surface area (Å²) in [7, 11) is 4.04. The molecule has 0 aliphatic heterocycles. The lowest BCUT2D eigenvalue weighted by Gasteiger charge is -2.14. The summed E-state index contributed by atoms with van der Waals surface area (Å²) in [5.74, 6) is -1.78. The van der Waals surface area contributed by atoms with Crippen molar-refractivity contribution < 1.29 is 28.6 Å².